The van der Waals surface area contributed by atoms with Crippen molar-refractivity contribution in [2.45, 2.75) is 76.4 Å². The molecule has 3 heterocycles. The Bertz CT molecular complexity index is 1140. The number of carbonyl (C=O) groups excluding carboxylic acids is 2. The molecule has 6 rings (SSSR count). The minimum absolute atomic E-state index is 0.00161. The molecule has 2 aromatic carbocycles. The predicted octanol–water partition coefficient (Wildman–Crippen LogP) is 4.98. The van der Waals surface area contributed by atoms with E-state index in [0.29, 0.717) is 25.5 Å². The number of rotatable bonds is 3. The Morgan fingerprint density at radius 3 is 2.76 bits per heavy atom. The number of amides is 2. The van der Waals surface area contributed by atoms with E-state index in [1.54, 1.807) is 0 Å². The molecule has 0 spiro atoms. The lowest BCUT2D eigenvalue weighted by Crippen LogP contribution is -2.37. The second-order valence-corrected chi connectivity index (χ2v) is 10.3. The molecule has 6 nitrogen and oxygen atoms in total. The number of nitrogens with zero attached hydrogens (tertiary/aromatic N) is 1. The summed E-state index contributed by atoms with van der Waals surface area (Å²) in [5.41, 5.74) is 5.09. The van der Waals surface area contributed by atoms with Crippen molar-refractivity contribution in [3.05, 3.63) is 52.6 Å². The zero-order chi connectivity index (χ0) is 23.2. The summed E-state index contributed by atoms with van der Waals surface area (Å²) in [6.07, 6.45) is 7.96. The van der Waals surface area contributed by atoms with Crippen molar-refractivity contribution in [1.82, 2.24) is 4.90 Å². The van der Waals surface area contributed by atoms with Crippen LogP contribution in [0.1, 0.15) is 77.9 Å². The van der Waals surface area contributed by atoms with Crippen LogP contribution in [-0.2, 0) is 11.2 Å². The molecular weight excluding hydrogens is 428 g/mol. The van der Waals surface area contributed by atoms with Crippen LogP contribution in [0.2, 0.25) is 0 Å². The van der Waals surface area contributed by atoms with Crippen molar-refractivity contribution in [1.29, 1.82) is 0 Å². The van der Waals surface area contributed by atoms with E-state index in [2.05, 4.69) is 18.3 Å². The summed E-state index contributed by atoms with van der Waals surface area (Å²) < 4.78 is 12.6. The Morgan fingerprint density at radius 1 is 1.06 bits per heavy atom. The second-order valence-electron chi connectivity index (χ2n) is 10.3. The highest BCUT2D eigenvalue weighted by molar-refractivity contribution is 5.99. The average molecular weight is 461 g/mol. The van der Waals surface area contributed by atoms with E-state index in [4.69, 9.17) is 9.47 Å². The van der Waals surface area contributed by atoms with E-state index in [0.717, 1.165) is 59.6 Å². The molecule has 2 amide bonds. The van der Waals surface area contributed by atoms with Crippen LogP contribution < -0.4 is 14.8 Å². The molecule has 0 radical (unpaired) electrons. The summed E-state index contributed by atoms with van der Waals surface area (Å²) in [7, 11) is 0. The molecule has 1 saturated carbocycles. The molecule has 3 aliphatic heterocycles. The molecule has 0 bridgehead atoms. The highest BCUT2D eigenvalue weighted by Crippen LogP contribution is 2.41. The van der Waals surface area contributed by atoms with Crippen LogP contribution in [0.5, 0.6) is 11.5 Å². The minimum Gasteiger partial charge on any atom is -0.491 e. The fourth-order valence-corrected chi connectivity index (χ4v) is 6.17. The lowest BCUT2D eigenvalue weighted by molar-refractivity contribution is -0.116. The van der Waals surface area contributed by atoms with Gasteiger partial charge in [-0.2, -0.15) is 0 Å². The number of hydrogen-bond acceptors (Lipinski definition) is 4. The van der Waals surface area contributed by atoms with Crippen LogP contribution in [0, 0.1) is 6.92 Å². The van der Waals surface area contributed by atoms with Gasteiger partial charge in [0.1, 0.15) is 24.2 Å². The first kappa shape index (κ1) is 21.5. The van der Waals surface area contributed by atoms with Gasteiger partial charge in [-0.25, -0.2) is 0 Å². The van der Waals surface area contributed by atoms with E-state index < -0.39 is 0 Å². The highest BCUT2D eigenvalue weighted by atomic mass is 16.5. The first-order valence-electron chi connectivity index (χ1n) is 12.7. The number of hydrogen-bond donors (Lipinski definition) is 1. The molecular formula is C28H32N2O4. The van der Waals surface area contributed by atoms with Crippen LogP contribution >= 0.6 is 0 Å². The third-order valence-electron chi connectivity index (χ3n) is 7.88. The third-order valence-corrected chi connectivity index (χ3v) is 7.88. The van der Waals surface area contributed by atoms with Gasteiger partial charge < -0.3 is 19.7 Å². The molecule has 4 aliphatic rings. The van der Waals surface area contributed by atoms with Gasteiger partial charge in [-0.3, -0.25) is 9.59 Å². The van der Waals surface area contributed by atoms with Crippen LogP contribution in [0.15, 0.2) is 30.3 Å². The summed E-state index contributed by atoms with van der Waals surface area (Å²) in [6, 6.07) is 10.1. The molecule has 1 N–H and O–H groups in total. The Kier molecular flexibility index (Phi) is 5.47. The first-order chi connectivity index (χ1) is 16.5. The molecule has 178 valence electrons. The van der Waals surface area contributed by atoms with Crippen molar-refractivity contribution in [3.8, 4) is 11.5 Å². The number of aryl methyl sites for hydroxylation is 2. The zero-order valence-corrected chi connectivity index (χ0v) is 19.8. The van der Waals surface area contributed by atoms with Crippen molar-refractivity contribution in [2.24, 2.45) is 0 Å². The quantitative estimate of drug-likeness (QED) is 0.701. The maximum Gasteiger partial charge on any atom is 0.258 e. The number of carbonyl (C=O) groups is 2. The van der Waals surface area contributed by atoms with Crippen molar-refractivity contribution < 1.29 is 19.1 Å². The third kappa shape index (κ3) is 3.93. The van der Waals surface area contributed by atoms with Crippen molar-refractivity contribution in [2.75, 3.05) is 18.5 Å². The second kappa shape index (κ2) is 8.64. The maximum atomic E-state index is 13.9. The summed E-state index contributed by atoms with van der Waals surface area (Å²) in [5.74, 6) is 2.05. The summed E-state index contributed by atoms with van der Waals surface area (Å²) in [4.78, 5) is 27.6. The topological polar surface area (TPSA) is 67.9 Å². The first-order valence-corrected chi connectivity index (χ1v) is 12.7. The normalized spacial score (nSPS) is 24.4. The molecule has 6 heteroatoms. The number of fused-ring (bicyclic) bond motifs is 3. The smallest absolute Gasteiger partial charge is 0.258 e. The predicted molar refractivity (Wildman–Crippen MR) is 130 cm³/mol. The van der Waals surface area contributed by atoms with Crippen molar-refractivity contribution >= 4 is 17.5 Å². The molecule has 0 unspecified atom stereocenters. The van der Waals surface area contributed by atoms with Gasteiger partial charge in [0, 0.05) is 24.6 Å². The Hall–Kier alpha value is -3.02. The van der Waals surface area contributed by atoms with E-state index in [1.165, 1.54) is 24.8 Å². The average Bonchev–Trinajstić information content (AvgIpc) is 3.19. The Morgan fingerprint density at radius 2 is 1.91 bits per heavy atom. The van der Waals surface area contributed by atoms with Gasteiger partial charge in [-0.15, -0.1) is 0 Å². The molecule has 0 aromatic heterocycles. The zero-order valence-electron chi connectivity index (χ0n) is 19.8. The SMILES string of the molecule is Cc1cc2c(c(C3CCCCC3)c1)C(=O)N1C[C@@H](Oc3ccc4c(c3)NC(=O)CC4)C[C@@H]1CO2. The van der Waals surface area contributed by atoms with E-state index in [-0.39, 0.29) is 24.0 Å². The van der Waals surface area contributed by atoms with Gasteiger partial charge in [-0.1, -0.05) is 31.4 Å². The van der Waals surface area contributed by atoms with Gasteiger partial charge in [0.2, 0.25) is 5.91 Å². The summed E-state index contributed by atoms with van der Waals surface area (Å²) in [5, 5.41) is 2.94. The van der Waals surface area contributed by atoms with Gasteiger partial charge in [-0.05, 0) is 60.9 Å². The molecule has 1 aliphatic carbocycles. The molecule has 2 atom stereocenters. The molecule has 34 heavy (non-hydrogen) atoms. The number of anilines is 1. The van der Waals surface area contributed by atoms with Crippen LogP contribution in [0.3, 0.4) is 0 Å². The largest absolute Gasteiger partial charge is 0.491 e. The van der Waals surface area contributed by atoms with Gasteiger partial charge in [0.15, 0.2) is 0 Å². The maximum absolute atomic E-state index is 13.9. The molecule has 2 aromatic rings. The molecule has 2 fully saturated rings. The van der Waals surface area contributed by atoms with Gasteiger partial charge in [0.05, 0.1) is 18.2 Å². The lowest BCUT2D eigenvalue weighted by atomic mass is 9.81. The fourth-order valence-electron chi connectivity index (χ4n) is 6.17. The number of nitrogens with one attached hydrogen (secondary N) is 1. The standard InChI is InChI=1S/C28H32N2O4/c1-17-11-23(18-5-3-2-4-6-18)27-25(12-17)33-16-20-13-22(15-30(20)28(27)32)34-21-9-7-19-8-10-26(31)29-24(19)14-21/h7,9,11-12,14,18,20,22H,2-6,8,10,13,15-16H2,1H3,(H,29,31)/t20-,22+/m1/s1. The van der Waals surface area contributed by atoms with Crippen LogP contribution in [0.25, 0.3) is 0 Å². The Labute approximate surface area is 200 Å². The van der Waals surface area contributed by atoms with Gasteiger partial charge in [0.25, 0.3) is 5.91 Å². The van der Waals surface area contributed by atoms with Gasteiger partial charge >= 0.3 is 0 Å². The summed E-state index contributed by atoms with van der Waals surface area (Å²) >= 11 is 0. The van der Waals surface area contributed by atoms with Crippen LogP contribution in [-0.4, -0.2) is 42.0 Å². The van der Waals surface area contributed by atoms with E-state index >= 15 is 0 Å². The molecule has 1 saturated heterocycles. The van der Waals surface area contributed by atoms with E-state index in [9.17, 15) is 9.59 Å². The minimum atomic E-state index is -0.0972. The number of benzene rings is 2. The van der Waals surface area contributed by atoms with Crippen molar-refractivity contribution in [3.63, 3.8) is 0 Å². The fraction of sp³-hybridized carbons (Fsp3) is 0.500. The monoisotopic (exact) mass is 460 g/mol. The number of ether oxygens (including phenoxy) is 2. The van der Waals surface area contributed by atoms with E-state index in [1.807, 2.05) is 29.2 Å². The summed E-state index contributed by atoms with van der Waals surface area (Å²) in [6.45, 7) is 3.14. The Balaban J connectivity index is 1.23. The highest BCUT2D eigenvalue weighted by Gasteiger charge is 2.41. The van der Waals surface area contributed by atoms with Crippen LogP contribution in [0.4, 0.5) is 5.69 Å². The lowest BCUT2D eigenvalue weighted by Gasteiger charge is -2.26.